The van der Waals surface area contributed by atoms with Crippen molar-refractivity contribution in [1.82, 2.24) is 0 Å². The molecular formula is C6H6Cl6NO4P. The lowest BCUT2D eigenvalue weighted by Crippen LogP contribution is -2.58. The second-order valence-corrected chi connectivity index (χ2v) is 9.62. The van der Waals surface area contributed by atoms with E-state index in [1.807, 2.05) is 0 Å². The van der Waals surface area contributed by atoms with E-state index >= 15 is 0 Å². The molecule has 0 saturated heterocycles. The van der Waals surface area contributed by atoms with Crippen LogP contribution in [0.1, 0.15) is 0 Å². The summed E-state index contributed by atoms with van der Waals surface area (Å²) in [5, 5.41) is 0. The zero-order valence-corrected chi connectivity index (χ0v) is 14.2. The Labute approximate surface area is 133 Å². The van der Waals surface area contributed by atoms with Gasteiger partial charge in [0, 0.05) is 14.2 Å². The molecule has 0 radical (unpaired) electrons. The fourth-order valence-electron chi connectivity index (χ4n) is 1.15. The largest absolute Gasteiger partial charge is 0.364 e. The van der Waals surface area contributed by atoms with E-state index in [9.17, 15) is 4.79 Å². The first-order chi connectivity index (χ1) is 7.96. The third kappa shape index (κ3) is 2.64. The van der Waals surface area contributed by atoms with Crippen LogP contribution in [-0.4, -0.2) is 33.3 Å². The molecule has 18 heavy (non-hydrogen) atoms. The molecule has 0 unspecified atom stereocenters. The molecule has 0 bridgehead atoms. The number of hydrogen-bond acceptors (Lipinski definition) is 4. The first-order valence-electron chi connectivity index (χ1n) is 4.08. The van der Waals surface area contributed by atoms with Crippen LogP contribution in [0.3, 0.4) is 0 Å². The van der Waals surface area contributed by atoms with E-state index in [4.69, 9.17) is 83.2 Å². The van der Waals surface area contributed by atoms with E-state index in [0.717, 1.165) is 0 Å². The van der Waals surface area contributed by atoms with Crippen molar-refractivity contribution in [2.45, 2.75) is 13.2 Å². The maximum absolute atomic E-state index is 12.0. The van der Waals surface area contributed by atoms with Crippen molar-refractivity contribution in [3.8, 4) is 0 Å². The lowest BCUT2D eigenvalue weighted by Gasteiger charge is -2.38. The molecule has 0 saturated carbocycles. The summed E-state index contributed by atoms with van der Waals surface area (Å²) in [6.07, 6.45) is 0. The predicted molar refractivity (Wildman–Crippen MR) is 72.8 cm³/mol. The quantitative estimate of drug-likeness (QED) is 0.514. The molecule has 5 nitrogen and oxygen atoms in total. The van der Waals surface area contributed by atoms with Gasteiger partial charge in [0.1, 0.15) is 0 Å². The molecule has 0 atom stereocenters. The highest BCUT2D eigenvalue weighted by Crippen LogP contribution is 2.68. The van der Waals surface area contributed by atoms with Crippen molar-refractivity contribution in [3.05, 3.63) is 0 Å². The van der Waals surface area contributed by atoms with Gasteiger partial charge in [-0.3, -0.25) is 9.32 Å². The molecule has 0 N–H and O–H groups in total. The molecule has 1 amide bonds. The van der Waals surface area contributed by atoms with Gasteiger partial charge >= 0.3 is 7.74 Å². The van der Waals surface area contributed by atoms with Gasteiger partial charge in [-0.1, -0.05) is 69.6 Å². The molecule has 0 aromatic carbocycles. The minimum absolute atomic E-state index is 1.08. The molecule has 0 aliphatic carbocycles. The van der Waals surface area contributed by atoms with E-state index in [1.165, 1.54) is 14.2 Å². The summed E-state index contributed by atoms with van der Waals surface area (Å²) in [6.45, 7) is 0. The number of rotatable bonds is 2. The van der Waals surface area contributed by atoms with Crippen LogP contribution >= 0.6 is 77.3 Å². The Balaban J connectivity index is 3.43. The van der Waals surface area contributed by atoms with E-state index in [-0.39, 0.29) is 0 Å². The van der Waals surface area contributed by atoms with E-state index in [1.54, 1.807) is 0 Å². The average Bonchev–Trinajstić information content (AvgIpc) is 2.52. The summed E-state index contributed by atoms with van der Waals surface area (Å²) in [7, 11) is -1.02. The second kappa shape index (κ2) is 5.38. The number of hydrogen-bond donors (Lipinski definition) is 0. The maximum Gasteiger partial charge on any atom is 0.364 e. The molecule has 1 aliphatic heterocycles. The van der Waals surface area contributed by atoms with Crippen LogP contribution < -0.4 is 0 Å². The fraction of sp³-hybridized carbons (Fsp3) is 0.833. The Morgan fingerprint density at radius 2 is 1.50 bits per heavy atom. The molecule has 12 heteroatoms. The third-order valence-corrected chi connectivity index (χ3v) is 5.48. The molecule has 1 aliphatic rings. The Morgan fingerprint density at radius 1 is 1.11 bits per heavy atom. The Morgan fingerprint density at radius 3 is 1.67 bits per heavy atom. The molecule has 0 aromatic heterocycles. The number of carbonyl (C=O) groups excluding carboxylic acids is 1. The molecular weight excluding hydrogens is 394 g/mol. The van der Waals surface area contributed by atoms with Crippen LogP contribution in [0.4, 0.5) is 0 Å². The van der Waals surface area contributed by atoms with Gasteiger partial charge in [-0.05, 0) is 0 Å². The van der Waals surface area contributed by atoms with Crippen molar-refractivity contribution in [3.63, 3.8) is 0 Å². The minimum atomic E-state index is -3.41. The Hall–Kier alpha value is 1.52. The van der Waals surface area contributed by atoms with Crippen LogP contribution in [0, 0.1) is 0 Å². The summed E-state index contributed by atoms with van der Waals surface area (Å²) in [6, 6.07) is 0. The third-order valence-electron chi connectivity index (χ3n) is 2.03. The molecule has 106 valence electrons. The van der Waals surface area contributed by atoms with Crippen molar-refractivity contribution in [2.75, 3.05) is 14.2 Å². The van der Waals surface area contributed by atoms with Crippen molar-refractivity contribution < 1.29 is 18.4 Å². The van der Waals surface area contributed by atoms with E-state index in [2.05, 4.69) is 4.74 Å². The SMILES string of the molecule is COP1(OC)=NC(=O)C(C(Cl)(Cl)Cl)(C(Cl)(Cl)Cl)O1. The Bertz CT molecular complexity index is 393. The first kappa shape index (κ1) is 17.6. The number of alkyl halides is 6. The van der Waals surface area contributed by atoms with Gasteiger partial charge in [0.2, 0.25) is 7.59 Å². The lowest BCUT2D eigenvalue weighted by atomic mass is 10.1. The van der Waals surface area contributed by atoms with E-state index < -0.39 is 26.8 Å². The smallest absolute Gasteiger partial charge is 0.306 e. The van der Waals surface area contributed by atoms with Crippen LogP contribution in [0.5, 0.6) is 0 Å². The summed E-state index contributed by atoms with van der Waals surface area (Å²) in [4.78, 5) is 12.0. The highest BCUT2D eigenvalue weighted by Gasteiger charge is 2.73. The van der Waals surface area contributed by atoms with Gasteiger partial charge in [0.15, 0.2) is 0 Å². The van der Waals surface area contributed by atoms with Gasteiger partial charge in [-0.2, -0.15) is 4.74 Å². The van der Waals surface area contributed by atoms with E-state index in [0.29, 0.717) is 0 Å². The van der Waals surface area contributed by atoms with Crippen LogP contribution in [-0.2, 0) is 18.4 Å². The lowest BCUT2D eigenvalue weighted by molar-refractivity contribution is -0.130. The van der Waals surface area contributed by atoms with Crippen LogP contribution in [0.2, 0.25) is 0 Å². The minimum Gasteiger partial charge on any atom is -0.306 e. The van der Waals surface area contributed by atoms with Gasteiger partial charge in [-0.15, -0.1) is 0 Å². The summed E-state index contributed by atoms with van der Waals surface area (Å²) < 4.78 is 13.8. The van der Waals surface area contributed by atoms with Gasteiger partial charge in [0.25, 0.3) is 11.5 Å². The monoisotopic (exact) mass is 397 g/mol. The number of nitrogens with zero attached hydrogens (tertiary/aromatic N) is 1. The van der Waals surface area contributed by atoms with Gasteiger partial charge in [0.05, 0.1) is 0 Å². The normalized spacial score (nSPS) is 23.0. The summed E-state index contributed by atoms with van der Waals surface area (Å²) in [5.74, 6) is -1.08. The molecule has 0 spiro atoms. The highest BCUT2D eigenvalue weighted by atomic mass is 35.6. The van der Waals surface area contributed by atoms with Crippen molar-refractivity contribution in [1.29, 1.82) is 0 Å². The Kier molecular flexibility index (Phi) is 5.25. The highest BCUT2D eigenvalue weighted by molar-refractivity contribution is 7.52. The maximum atomic E-state index is 12.0. The van der Waals surface area contributed by atoms with Crippen LogP contribution in [0.15, 0.2) is 4.74 Å². The topological polar surface area (TPSA) is 57.1 Å². The van der Waals surface area contributed by atoms with Gasteiger partial charge in [-0.25, -0.2) is 0 Å². The van der Waals surface area contributed by atoms with Gasteiger partial charge < -0.3 is 9.05 Å². The second-order valence-electron chi connectivity index (χ2n) is 3.01. The fourth-order valence-corrected chi connectivity index (χ4v) is 5.04. The first-order valence-corrected chi connectivity index (χ1v) is 7.84. The summed E-state index contributed by atoms with van der Waals surface area (Å²) in [5.41, 5.74) is -2.45. The number of halogens is 6. The number of carbonyl (C=O) groups is 1. The molecule has 0 aromatic rings. The standard InChI is InChI=1S/C6H6Cl6NO4P/c1-15-18(16-2)13-3(14)4(17-18,5(7,8)9)6(10,11)12/h1-2H3. The molecule has 1 heterocycles. The van der Waals surface area contributed by atoms with Crippen LogP contribution in [0.25, 0.3) is 0 Å². The molecule has 1 rings (SSSR count). The van der Waals surface area contributed by atoms with Crippen molar-refractivity contribution in [2.24, 2.45) is 4.74 Å². The average molecular weight is 400 g/mol. The predicted octanol–water partition coefficient (Wildman–Crippen LogP) is 4.26. The molecule has 0 fully saturated rings. The number of amides is 1. The van der Waals surface area contributed by atoms with Crippen molar-refractivity contribution >= 4 is 83.2 Å². The zero-order valence-electron chi connectivity index (χ0n) is 8.80. The summed E-state index contributed by atoms with van der Waals surface area (Å²) >= 11 is 34.2. The zero-order chi connectivity index (χ0) is 14.4.